The maximum absolute atomic E-state index is 11.9. The lowest BCUT2D eigenvalue weighted by molar-refractivity contribution is -0.143. The molecular formula is C21H31ClO5. The summed E-state index contributed by atoms with van der Waals surface area (Å²) in [6, 6.07) is 3.94. The average Bonchev–Trinajstić information content (AvgIpc) is 2.50. The summed E-state index contributed by atoms with van der Waals surface area (Å²) in [4.78, 5) is 22.4. The van der Waals surface area contributed by atoms with Crippen LogP contribution in [0.1, 0.15) is 71.1 Å². The van der Waals surface area contributed by atoms with Gasteiger partial charge in [-0.2, -0.15) is 0 Å². The smallest absolute Gasteiger partial charge is 0.403 e. The van der Waals surface area contributed by atoms with Crippen LogP contribution in [0, 0.1) is 0 Å². The van der Waals surface area contributed by atoms with Crippen LogP contribution in [-0.4, -0.2) is 29.7 Å². The van der Waals surface area contributed by atoms with E-state index in [1.807, 2.05) is 12.1 Å². The van der Waals surface area contributed by atoms with E-state index in [9.17, 15) is 14.7 Å². The van der Waals surface area contributed by atoms with Gasteiger partial charge in [0.15, 0.2) is 0 Å². The SMILES string of the molecule is CC(C)(C)c1cc(CCC(=O)OCCCOC(=O)Cl)cc(C(C)(C)C)c1O. The lowest BCUT2D eigenvalue weighted by Crippen LogP contribution is -2.18. The molecule has 0 aliphatic rings. The van der Waals surface area contributed by atoms with Gasteiger partial charge in [0, 0.05) is 24.4 Å². The van der Waals surface area contributed by atoms with Crippen LogP contribution in [0.2, 0.25) is 0 Å². The summed E-state index contributed by atoms with van der Waals surface area (Å²) in [6.07, 6.45) is 1.18. The molecule has 27 heavy (non-hydrogen) atoms. The first kappa shape index (κ1) is 23.3. The van der Waals surface area contributed by atoms with Crippen molar-refractivity contribution in [3.63, 3.8) is 0 Å². The Labute approximate surface area is 167 Å². The number of carbonyl (C=O) groups excluding carboxylic acids is 2. The van der Waals surface area contributed by atoms with Crippen LogP contribution in [0.15, 0.2) is 12.1 Å². The molecule has 1 N–H and O–H groups in total. The molecule has 0 aliphatic heterocycles. The van der Waals surface area contributed by atoms with Crippen LogP contribution in [-0.2, 0) is 31.5 Å². The minimum absolute atomic E-state index is 0.122. The second-order valence-corrected chi connectivity index (χ2v) is 9.01. The molecule has 6 heteroatoms. The van der Waals surface area contributed by atoms with E-state index in [0.717, 1.165) is 16.7 Å². The van der Waals surface area contributed by atoms with Gasteiger partial charge in [-0.3, -0.25) is 4.79 Å². The molecule has 0 saturated carbocycles. The van der Waals surface area contributed by atoms with E-state index in [4.69, 9.17) is 16.3 Å². The minimum atomic E-state index is -0.863. The van der Waals surface area contributed by atoms with Gasteiger partial charge in [-0.15, -0.1) is 0 Å². The van der Waals surface area contributed by atoms with Crippen molar-refractivity contribution in [1.82, 2.24) is 0 Å². The van der Waals surface area contributed by atoms with Crippen molar-refractivity contribution in [3.8, 4) is 5.75 Å². The summed E-state index contributed by atoms with van der Waals surface area (Å²) >= 11 is 5.05. The number of phenolic OH excluding ortho intramolecular Hbond substituents is 1. The Hall–Kier alpha value is -1.75. The van der Waals surface area contributed by atoms with Crippen LogP contribution in [0.25, 0.3) is 0 Å². The highest BCUT2D eigenvalue weighted by atomic mass is 35.5. The Bertz CT molecular complexity index is 633. The lowest BCUT2D eigenvalue weighted by Gasteiger charge is -2.28. The summed E-state index contributed by atoms with van der Waals surface area (Å²) in [5.74, 6) is 0.0186. The maximum Gasteiger partial charge on any atom is 0.403 e. The molecule has 0 bridgehead atoms. The first-order valence-electron chi connectivity index (χ1n) is 9.17. The second-order valence-electron chi connectivity index (χ2n) is 8.70. The molecule has 152 valence electrons. The molecule has 5 nitrogen and oxygen atoms in total. The van der Waals surface area contributed by atoms with Crippen molar-refractivity contribution >= 4 is 23.0 Å². The molecule has 0 amide bonds. The van der Waals surface area contributed by atoms with Gasteiger partial charge in [-0.05, 0) is 33.9 Å². The quantitative estimate of drug-likeness (QED) is 0.387. The van der Waals surface area contributed by atoms with Gasteiger partial charge in [0.25, 0.3) is 0 Å². The van der Waals surface area contributed by atoms with Gasteiger partial charge in [0.1, 0.15) is 5.75 Å². The van der Waals surface area contributed by atoms with Crippen LogP contribution >= 0.6 is 11.6 Å². The lowest BCUT2D eigenvalue weighted by atomic mass is 9.78. The first-order chi connectivity index (χ1) is 12.3. The molecule has 1 aromatic carbocycles. The molecule has 0 heterocycles. The maximum atomic E-state index is 11.9. The van der Waals surface area contributed by atoms with Gasteiger partial charge < -0.3 is 14.6 Å². The van der Waals surface area contributed by atoms with Crippen molar-refractivity contribution in [2.75, 3.05) is 13.2 Å². The Morgan fingerprint density at radius 3 is 1.89 bits per heavy atom. The van der Waals surface area contributed by atoms with Crippen molar-refractivity contribution in [2.24, 2.45) is 0 Å². The topological polar surface area (TPSA) is 72.8 Å². The van der Waals surface area contributed by atoms with Crippen molar-refractivity contribution in [3.05, 3.63) is 28.8 Å². The number of rotatable bonds is 7. The van der Waals surface area contributed by atoms with E-state index < -0.39 is 5.43 Å². The first-order valence-corrected chi connectivity index (χ1v) is 9.55. The molecular weight excluding hydrogens is 368 g/mol. The summed E-state index contributed by atoms with van der Waals surface area (Å²) in [5.41, 5.74) is 1.47. The fourth-order valence-corrected chi connectivity index (χ4v) is 2.78. The van der Waals surface area contributed by atoms with Crippen LogP contribution in [0.4, 0.5) is 4.79 Å². The van der Waals surface area contributed by atoms with Crippen molar-refractivity contribution in [2.45, 2.75) is 71.6 Å². The Balaban J connectivity index is 2.77. The summed E-state index contributed by atoms with van der Waals surface area (Å²) in [7, 11) is 0. The number of hydrogen-bond donors (Lipinski definition) is 1. The molecule has 0 saturated heterocycles. The van der Waals surface area contributed by atoms with Crippen LogP contribution < -0.4 is 0 Å². The monoisotopic (exact) mass is 398 g/mol. The zero-order valence-corrected chi connectivity index (χ0v) is 17.9. The molecule has 0 spiro atoms. The number of phenols is 1. The second kappa shape index (κ2) is 9.45. The summed E-state index contributed by atoms with van der Waals surface area (Å²) < 4.78 is 9.71. The van der Waals surface area contributed by atoms with Gasteiger partial charge in [-0.25, -0.2) is 4.79 Å². The highest BCUT2D eigenvalue weighted by molar-refractivity contribution is 6.61. The fourth-order valence-electron chi connectivity index (χ4n) is 2.70. The zero-order chi connectivity index (χ0) is 20.8. The number of halogens is 1. The van der Waals surface area contributed by atoms with E-state index in [-0.39, 0.29) is 36.4 Å². The Morgan fingerprint density at radius 1 is 0.963 bits per heavy atom. The number of hydrogen-bond acceptors (Lipinski definition) is 5. The molecule has 0 atom stereocenters. The molecule has 0 aromatic heterocycles. The summed E-state index contributed by atoms with van der Waals surface area (Å²) in [6.45, 7) is 12.6. The third kappa shape index (κ3) is 7.79. The number of benzene rings is 1. The predicted molar refractivity (Wildman–Crippen MR) is 107 cm³/mol. The highest BCUT2D eigenvalue weighted by Gasteiger charge is 2.26. The third-order valence-corrected chi connectivity index (χ3v) is 4.28. The normalized spacial score (nSPS) is 12.0. The largest absolute Gasteiger partial charge is 0.507 e. The minimum Gasteiger partial charge on any atom is -0.507 e. The average molecular weight is 399 g/mol. The number of ether oxygens (including phenoxy) is 2. The van der Waals surface area contributed by atoms with E-state index in [2.05, 4.69) is 46.3 Å². The number of carbonyl (C=O) groups is 2. The fraction of sp³-hybridized carbons (Fsp3) is 0.619. The van der Waals surface area contributed by atoms with E-state index >= 15 is 0 Å². The van der Waals surface area contributed by atoms with Gasteiger partial charge in [0.2, 0.25) is 0 Å². The van der Waals surface area contributed by atoms with Gasteiger partial charge >= 0.3 is 11.4 Å². The molecule has 0 unspecified atom stereocenters. The Kier molecular flexibility index (Phi) is 8.15. The molecule has 0 aliphatic carbocycles. The third-order valence-electron chi connectivity index (χ3n) is 4.17. The number of aromatic hydroxyl groups is 1. The summed E-state index contributed by atoms with van der Waals surface area (Å²) in [5, 5.41) is 10.7. The van der Waals surface area contributed by atoms with Gasteiger partial charge in [-0.1, -0.05) is 53.7 Å². The molecule has 1 aromatic rings. The predicted octanol–water partition coefficient (Wildman–Crippen LogP) is 5.23. The van der Waals surface area contributed by atoms with Crippen molar-refractivity contribution in [1.29, 1.82) is 0 Å². The van der Waals surface area contributed by atoms with Crippen molar-refractivity contribution < 1.29 is 24.2 Å². The number of esters is 1. The number of aryl methyl sites for hydroxylation is 1. The van der Waals surface area contributed by atoms with E-state index in [0.29, 0.717) is 18.6 Å². The standard InChI is InChI=1S/C21H31ClO5/c1-20(2,3)15-12-14(13-16(18(15)24)21(4,5)6)8-9-17(23)26-10-7-11-27-19(22)25/h12-13,24H,7-11H2,1-6H3. The molecule has 0 radical (unpaired) electrons. The van der Waals surface area contributed by atoms with Crippen LogP contribution in [0.5, 0.6) is 5.75 Å². The van der Waals surface area contributed by atoms with Crippen LogP contribution in [0.3, 0.4) is 0 Å². The van der Waals surface area contributed by atoms with E-state index in [1.54, 1.807) is 0 Å². The zero-order valence-electron chi connectivity index (χ0n) is 17.1. The molecule has 1 rings (SSSR count). The molecule has 0 fully saturated rings. The Morgan fingerprint density at radius 2 is 1.44 bits per heavy atom. The highest BCUT2D eigenvalue weighted by Crippen LogP contribution is 2.39. The van der Waals surface area contributed by atoms with Gasteiger partial charge in [0.05, 0.1) is 13.2 Å². The van der Waals surface area contributed by atoms with E-state index in [1.165, 1.54) is 0 Å².